The predicted octanol–water partition coefficient (Wildman–Crippen LogP) is 0.505. The van der Waals surface area contributed by atoms with Crippen LogP contribution < -0.4 is 10.1 Å². The van der Waals surface area contributed by atoms with E-state index in [2.05, 4.69) is 19.0 Å². The summed E-state index contributed by atoms with van der Waals surface area (Å²) in [4.78, 5) is 4.22. The standard InChI is InChI=1S/C12H16N4O2S/c17-11(9-18-12-8-15-19-16-12)7-13-6-4-10-3-1-2-5-14-10/h1-3,5,8,11,13,17H,4,6-7,9H2. The summed E-state index contributed by atoms with van der Waals surface area (Å²) in [5.74, 6) is 0.456. The van der Waals surface area contributed by atoms with E-state index in [1.165, 1.54) is 6.20 Å². The number of pyridine rings is 1. The summed E-state index contributed by atoms with van der Waals surface area (Å²) in [6.45, 7) is 1.46. The monoisotopic (exact) mass is 280 g/mol. The molecule has 0 aromatic carbocycles. The van der Waals surface area contributed by atoms with Crippen molar-refractivity contribution in [1.82, 2.24) is 19.0 Å². The fraction of sp³-hybridized carbons (Fsp3) is 0.417. The molecule has 0 saturated heterocycles. The Kier molecular flexibility index (Phi) is 5.67. The van der Waals surface area contributed by atoms with E-state index in [1.54, 1.807) is 6.20 Å². The number of ether oxygens (including phenoxy) is 1. The highest BCUT2D eigenvalue weighted by Gasteiger charge is 2.06. The maximum Gasteiger partial charge on any atom is 0.245 e. The van der Waals surface area contributed by atoms with Gasteiger partial charge in [0, 0.05) is 31.4 Å². The lowest BCUT2D eigenvalue weighted by Gasteiger charge is -2.11. The van der Waals surface area contributed by atoms with Crippen molar-refractivity contribution in [2.24, 2.45) is 0 Å². The second kappa shape index (κ2) is 7.78. The first-order valence-electron chi connectivity index (χ1n) is 6.03. The molecule has 0 fully saturated rings. The van der Waals surface area contributed by atoms with Crippen LogP contribution in [0.2, 0.25) is 0 Å². The van der Waals surface area contributed by atoms with Gasteiger partial charge in [0.15, 0.2) is 0 Å². The molecule has 0 aliphatic rings. The molecular formula is C12H16N4O2S. The summed E-state index contributed by atoms with van der Waals surface area (Å²) >= 11 is 1.08. The van der Waals surface area contributed by atoms with Crippen molar-refractivity contribution in [1.29, 1.82) is 0 Å². The number of rotatable bonds is 8. The molecule has 6 nitrogen and oxygen atoms in total. The van der Waals surface area contributed by atoms with Crippen molar-refractivity contribution < 1.29 is 9.84 Å². The molecular weight excluding hydrogens is 264 g/mol. The van der Waals surface area contributed by atoms with Gasteiger partial charge in [0.1, 0.15) is 18.9 Å². The highest BCUT2D eigenvalue weighted by molar-refractivity contribution is 6.99. The van der Waals surface area contributed by atoms with Crippen LogP contribution >= 0.6 is 11.7 Å². The van der Waals surface area contributed by atoms with Gasteiger partial charge < -0.3 is 15.2 Å². The van der Waals surface area contributed by atoms with Gasteiger partial charge in [-0.1, -0.05) is 6.07 Å². The second-order valence-corrected chi connectivity index (χ2v) is 4.54. The summed E-state index contributed by atoms with van der Waals surface area (Å²) < 4.78 is 13.0. The fourth-order valence-corrected chi connectivity index (χ4v) is 1.86. The van der Waals surface area contributed by atoms with E-state index in [4.69, 9.17) is 4.74 Å². The van der Waals surface area contributed by atoms with Gasteiger partial charge in [-0.2, -0.15) is 4.37 Å². The van der Waals surface area contributed by atoms with Crippen molar-refractivity contribution >= 4 is 11.7 Å². The molecule has 2 heterocycles. The average molecular weight is 280 g/mol. The van der Waals surface area contributed by atoms with E-state index in [0.29, 0.717) is 12.4 Å². The van der Waals surface area contributed by atoms with E-state index in [1.807, 2.05) is 18.2 Å². The maximum absolute atomic E-state index is 9.70. The van der Waals surface area contributed by atoms with Crippen LogP contribution in [0, 0.1) is 0 Å². The number of aliphatic hydroxyl groups excluding tert-OH is 1. The highest BCUT2D eigenvalue weighted by Crippen LogP contribution is 2.05. The Labute approximate surface area is 115 Å². The van der Waals surface area contributed by atoms with E-state index in [9.17, 15) is 5.11 Å². The van der Waals surface area contributed by atoms with Gasteiger partial charge in [0.25, 0.3) is 0 Å². The first-order chi connectivity index (χ1) is 9.34. The Morgan fingerprint density at radius 3 is 3.11 bits per heavy atom. The van der Waals surface area contributed by atoms with Gasteiger partial charge in [-0.05, 0) is 12.1 Å². The molecule has 0 saturated carbocycles. The van der Waals surface area contributed by atoms with Gasteiger partial charge in [-0.25, -0.2) is 0 Å². The van der Waals surface area contributed by atoms with Crippen molar-refractivity contribution in [2.75, 3.05) is 19.7 Å². The Morgan fingerprint density at radius 2 is 2.37 bits per heavy atom. The van der Waals surface area contributed by atoms with E-state index in [0.717, 1.165) is 30.4 Å². The van der Waals surface area contributed by atoms with E-state index in [-0.39, 0.29) is 6.61 Å². The maximum atomic E-state index is 9.70. The van der Waals surface area contributed by atoms with Crippen LogP contribution in [0.1, 0.15) is 5.69 Å². The fourth-order valence-electron chi connectivity index (χ4n) is 1.49. The molecule has 0 radical (unpaired) electrons. The molecule has 2 aromatic heterocycles. The van der Waals surface area contributed by atoms with Crippen LogP contribution in [0.4, 0.5) is 0 Å². The summed E-state index contributed by atoms with van der Waals surface area (Å²) in [6, 6.07) is 5.84. The number of nitrogens with one attached hydrogen (secondary N) is 1. The zero-order valence-electron chi connectivity index (χ0n) is 10.4. The van der Waals surface area contributed by atoms with Crippen LogP contribution in [0.5, 0.6) is 5.88 Å². The van der Waals surface area contributed by atoms with Crippen LogP contribution in [0.25, 0.3) is 0 Å². The van der Waals surface area contributed by atoms with Gasteiger partial charge in [-0.15, -0.1) is 4.37 Å². The Balaban J connectivity index is 1.55. The van der Waals surface area contributed by atoms with Crippen molar-refractivity contribution in [3.63, 3.8) is 0 Å². The van der Waals surface area contributed by atoms with Crippen LogP contribution in [0.15, 0.2) is 30.6 Å². The minimum atomic E-state index is -0.564. The van der Waals surface area contributed by atoms with E-state index >= 15 is 0 Å². The third-order valence-corrected chi connectivity index (χ3v) is 2.89. The quantitative estimate of drug-likeness (QED) is 0.686. The SMILES string of the molecule is OC(CNCCc1ccccn1)COc1cnsn1. The van der Waals surface area contributed by atoms with Crippen LogP contribution in [0.3, 0.4) is 0 Å². The van der Waals surface area contributed by atoms with Gasteiger partial charge in [0.2, 0.25) is 5.88 Å². The lowest BCUT2D eigenvalue weighted by molar-refractivity contribution is 0.104. The lowest BCUT2D eigenvalue weighted by atomic mass is 10.2. The largest absolute Gasteiger partial charge is 0.473 e. The van der Waals surface area contributed by atoms with Crippen LogP contribution in [-0.4, -0.2) is 44.6 Å². The summed E-state index contributed by atoms with van der Waals surface area (Å²) in [6.07, 6.45) is 3.58. The van der Waals surface area contributed by atoms with Gasteiger partial charge in [0.05, 0.1) is 11.7 Å². The first-order valence-corrected chi connectivity index (χ1v) is 6.76. The minimum absolute atomic E-state index is 0.210. The normalized spacial score (nSPS) is 12.3. The molecule has 0 spiro atoms. The zero-order chi connectivity index (χ0) is 13.3. The number of hydrogen-bond acceptors (Lipinski definition) is 7. The molecule has 0 aliphatic carbocycles. The smallest absolute Gasteiger partial charge is 0.245 e. The first kappa shape index (κ1) is 13.9. The molecule has 19 heavy (non-hydrogen) atoms. The topological polar surface area (TPSA) is 80.2 Å². The van der Waals surface area contributed by atoms with Crippen molar-refractivity contribution in [3.05, 3.63) is 36.3 Å². The molecule has 7 heteroatoms. The Hall–Kier alpha value is -1.57. The average Bonchev–Trinajstić information content (AvgIpc) is 2.96. The lowest BCUT2D eigenvalue weighted by Crippen LogP contribution is -2.32. The molecule has 0 bridgehead atoms. The molecule has 2 aromatic rings. The number of hydrogen-bond donors (Lipinski definition) is 2. The minimum Gasteiger partial charge on any atom is -0.473 e. The highest BCUT2D eigenvalue weighted by atomic mass is 32.1. The molecule has 102 valence electrons. The van der Waals surface area contributed by atoms with Gasteiger partial charge in [-0.3, -0.25) is 4.98 Å². The Morgan fingerprint density at radius 1 is 1.42 bits per heavy atom. The Bertz CT molecular complexity index is 452. The number of nitrogens with zero attached hydrogens (tertiary/aromatic N) is 3. The molecule has 1 unspecified atom stereocenters. The third-order valence-electron chi connectivity index (χ3n) is 2.43. The molecule has 2 rings (SSSR count). The summed E-state index contributed by atoms with van der Waals surface area (Å²) in [5, 5.41) is 12.9. The summed E-state index contributed by atoms with van der Waals surface area (Å²) in [7, 11) is 0. The molecule has 0 aliphatic heterocycles. The number of aliphatic hydroxyl groups is 1. The molecule has 2 N–H and O–H groups in total. The van der Waals surface area contributed by atoms with Crippen molar-refractivity contribution in [3.8, 4) is 5.88 Å². The van der Waals surface area contributed by atoms with Gasteiger partial charge >= 0.3 is 0 Å². The van der Waals surface area contributed by atoms with Crippen LogP contribution in [-0.2, 0) is 6.42 Å². The molecule has 1 atom stereocenters. The molecule has 0 amide bonds. The zero-order valence-corrected chi connectivity index (χ0v) is 11.2. The number of aromatic nitrogens is 3. The van der Waals surface area contributed by atoms with E-state index < -0.39 is 6.10 Å². The second-order valence-electron chi connectivity index (χ2n) is 3.99. The predicted molar refractivity (Wildman–Crippen MR) is 72.2 cm³/mol. The van der Waals surface area contributed by atoms with Crippen molar-refractivity contribution in [2.45, 2.75) is 12.5 Å². The summed E-state index contributed by atoms with van der Waals surface area (Å²) in [5.41, 5.74) is 1.04. The third kappa shape index (κ3) is 5.29.